The maximum Gasteiger partial charge on any atom is 0.319 e. The Morgan fingerprint density at radius 2 is 1.84 bits per heavy atom. The molecule has 0 spiro atoms. The van der Waals surface area contributed by atoms with Crippen LogP contribution in [0, 0.1) is 6.92 Å². The Morgan fingerprint density at radius 1 is 1.08 bits per heavy atom. The first-order valence-electron chi connectivity index (χ1n) is 8.06. The molecular formula is C20H20N2O2S. The van der Waals surface area contributed by atoms with Gasteiger partial charge in [-0.05, 0) is 41.1 Å². The molecule has 3 N–H and O–H groups in total. The summed E-state index contributed by atoms with van der Waals surface area (Å²) >= 11 is 1.68. The van der Waals surface area contributed by atoms with Gasteiger partial charge in [-0.25, -0.2) is 4.79 Å². The number of thiophene rings is 1. The first-order chi connectivity index (χ1) is 12.1. The topological polar surface area (TPSA) is 61.4 Å². The lowest BCUT2D eigenvalue weighted by atomic mass is 10.1. The molecule has 0 saturated heterocycles. The van der Waals surface area contributed by atoms with E-state index in [9.17, 15) is 9.90 Å². The lowest BCUT2D eigenvalue weighted by molar-refractivity contribution is 0.175. The van der Waals surface area contributed by atoms with E-state index in [1.807, 2.05) is 66.9 Å². The lowest BCUT2D eigenvalue weighted by Crippen LogP contribution is -2.32. The SMILES string of the molecule is Cc1ccccc1NC(=O)NCC(O)c1ccc(-c2cccs2)cc1. The van der Waals surface area contributed by atoms with Crippen molar-refractivity contribution >= 4 is 23.1 Å². The summed E-state index contributed by atoms with van der Waals surface area (Å²) in [5, 5.41) is 17.8. The molecule has 5 heteroatoms. The molecule has 2 aromatic carbocycles. The summed E-state index contributed by atoms with van der Waals surface area (Å²) in [5.41, 5.74) is 3.64. The van der Waals surface area contributed by atoms with Crippen molar-refractivity contribution < 1.29 is 9.90 Å². The third-order valence-electron chi connectivity index (χ3n) is 3.95. The van der Waals surface area contributed by atoms with E-state index >= 15 is 0 Å². The fourth-order valence-corrected chi connectivity index (χ4v) is 3.23. The van der Waals surface area contributed by atoms with E-state index in [-0.39, 0.29) is 12.6 Å². The number of aliphatic hydroxyl groups is 1. The van der Waals surface area contributed by atoms with E-state index in [0.29, 0.717) is 0 Å². The third-order valence-corrected chi connectivity index (χ3v) is 4.87. The molecule has 0 aliphatic heterocycles. The van der Waals surface area contributed by atoms with E-state index in [2.05, 4.69) is 16.7 Å². The average molecular weight is 352 g/mol. The normalized spacial score (nSPS) is 11.8. The highest BCUT2D eigenvalue weighted by Gasteiger charge is 2.10. The van der Waals surface area contributed by atoms with Gasteiger partial charge in [0.1, 0.15) is 0 Å². The van der Waals surface area contributed by atoms with E-state index in [1.165, 1.54) is 4.88 Å². The molecule has 4 nitrogen and oxygen atoms in total. The zero-order valence-electron chi connectivity index (χ0n) is 13.9. The molecule has 1 heterocycles. The van der Waals surface area contributed by atoms with Crippen molar-refractivity contribution in [3.8, 4) is 10.4 Å². The second-order valence-corrected chi connectivity index (χ2v) is 6.71. The number of benzene rings is 2. The number of rotatable bonds is 5. The second kappa shape index (κ2) is 7.96. The van der Waals surface area contributed by atoms with Crippen LogP contribution in [0.2, 0.25) is 0 Å². The molecule has 128 valence electrons. The van der Waals surface area contributed by atoms with Crippen molar-refractivity contribution in [2.75, 3.05) is 11.9 Å². The highest BCUT2D eigenvalue weighted by atomic mass is 32.1. The molecule has 0 fully saturated rings. The molecule has 0 radical (unpaired) electrons. The predicted molar refractivity (Wildman–Crippen MR) is 103 cm³/mol. The maximum absolute atomic E-state index is 12.0. The summed E-state index contributed by atoms with van der Waals surface area (Å²) in [4.78, 5) is 13.2. The molecule has 1 unspecified atom stereocenters. The monoisotopic (exact) mass is 352 g/mol. The molecule has 3 aromatic rings. The summed E-state index contributed by atoms with van der Waals surface area (Å²) in [6, 6.07) is 19.1. The van der Waals surface area contributed by atoms with Crippen molar-refractivity contribution in [1.82, 2.24) is 5.32 Å². The minimum absolute atomic E-state index is 0.149. The zero-order chi connectivity index (χ0) is 17.6. The maximum atomic E-state index is 12.0. The Bertz CT molecular complexity index is 829. The number of para-hydroxylation sites is 1. The van der Waals surface area contributed by atoms with E-state index in [4.69, 9.17) is 0 Å². The minimum Gasteiger partial charge on any atom is -0.387 e. The Balaban J connectivity index is 1.54. The van der Waals surface area contributed by atoms with Crippen LogP contribution in [-0.4, -0.2) is 17.7 Å². The Morgan fingerprint density at radius 3 is 2.52 bits per heavy atom. The molecule has 0 aliphatic carbocycles. The molecule has 25 heavy (non-hydrogen) atoms. The number of carbonyl (C=O) groups is 1. The number of aliphatic hydroxyl groups excluding tert-OH is 1. The first kappa shape index (κ1) is 17.2. The van der Waals surface area contributed by atoms with Gasteiger partial charge in [-0.15, -0.1) is 11.3 Å². The average Bonchev–Trinajstić information content (AvgIpc) is 3.16. The van der Waals surface area contributed by atoms with Crippen molar-refractivity contribution in [3.63, 3.8) is 0 Å². The van der Waals surface area contributed by atoms with E-state index in [1.54, 1.807) is 11.3 Å². The number of amides is 2. The number of anilines is 1. The Labute approximate surface area is 151 Å². The number of hydrogen-bond acceptors (Lipinski definition) is 3. The number of carbonyl (C=O) groups excluding carboxylic acids is 1. The van der Waals surface area contributed by atoms with E-state index < -0.39 is 6.10 Å². The van der Waals surface area contributed by atoms with Gasteiger partial charge in [0.2, 0.25) is 0 Å². The summed E-state index contributed by atoms with van der Waals surface area (Å²) in [6.45, 7) is 2.08. The van der Waals surface area contributed by atoms with E-state index in [0.717, 1.165) is 22.4 Å². The molecule has 1 aromatic heterocycles. The molecule has 2 amide bonds. The van der Waals surface area contributed by atoms with Gasteiger partial charge < -0.3 is 15.7 Å². The fraction of sp³-hybridized carbons (Fsp3) is 0.150. The zero-order valence-corrected chi connectivity index (χ0v) is 14.7. The van der Waals surface area contributed by atoms with Crippen LogP contribution in [0.1, 0.15) is 17.2 Å². The van der Waals surface area contributed by atoms with Gasteiger partial charge in [-0.3, -0.25) is 0 Å². The van der Waals surface area contributed by atoms with Crippen molar-refractivity contribution in [2.24, 2.45) is 0 Å². The first-order valence-corrected chi connectivity index (χ1v) is 8.94. The van der Waals surface area contributed by atoms with Crippen LogP contribution in [0.25, 0.3) is 10.4 Å². The third kappa shape index (κ3) is 4.47. The van der Waals surface area contributed by atoms with Gasteiger partial charge in [0.15, 0.2) is 0 Å². The van der Waals surface area contributed by atoms with Crippen molar-refractivity contribution in [2.45, 2.75) is 13.0 Å². The van der Waals surface area contributed by atoms with Crippen LogP contribution >= 0.6 is 11.3 Å². The number of aryl methyl sites for hydroxylation is 1. The van der Waals surface area contributed by atoms with Gasteiger partial charge in [-0.1, -0.05) is 48.5 Å². The Kier molecular flexibility index (Phi) is 5.48. The molecule has 0 saturated carbocycles. The summed E-state index contributed by atoms with van der Waals surface area (Å²) < 4.78 is 0. The summed E-state index contributed by atoms with van der Waals surface area (Å²) in [7, 11) is 0. The molecular weight excluding hydrogens is 332 g/mol. The Hall–Kier alpha value is -2.63. The minimum atomic E-state index is -0.750. The standard InChI is InChI=1S/C20H20N2O2S/c1-14-5-2-3-6-17(14)22-20(24)21-13-18(23)15-8-10-16(11-9-15)19-7-4-12-25-19/h2-12,18,23H,13H2,1H3,(H2,21,22,24). The largest absolute Gasteiger partial charge is 0.387 e. The molecule has 1 atom stereocenters. The van der Waals surface area contributed by atoms with Crippen molar-refractivity contribution in [1.29, 1.82) is 0 Å². The summed E-state index contributed by atoms with van der Waals surface area (Å²) in [5.74, 6) is 0. The number of urea groups is 1. The van der Waals surface area contributed by atoms with Crippen LogP contribution in [0.5, 0.6) is 0 Å². The van der Waals surface area contributed by atoms with Crippen LogP contribution in [0.3, 0.4) is 0 Å². The summed E-state index contributed by atoms with van der Waals surface area (Å²) in [6.07, 6.45) is -0.750. The molecule has 0 aliphatic rings. The van der Waals surface area contributed by atoms with Gasteiger partial charge in [0, 0.05) is 17.1 Å². The predicted octanol–water partition coefficient (Wildman–Crippen LogP) is 4.58. The van der Waals surface area contributed by atoms with Gasteiger partial charge in [-0.2, -0.15) is 0 Å². The van der Waals surface area contributed by atoms with Gasteiger partial charge in [0.05, 0.1) is 6.10 Å². The van der Waals surface area contributed by atoms with Crippen LogP contribution in [-0.2, 0) is 0 Å². The van der Waals surface area contributed by atoms with Crippen molar-refractivity contribution in [3.05, 3.63) is 77.2 Å². The highest BCUT2D eigenvalue weighted by molar-refractivity contribution is 7.13. The highest BCUT2D eigenvalue weighted by Crippen LogP contribution is 2.26. The molecule has 3 rings (SSSR count). The fourth-order valence-electron chi connectivity index (χ4n) is 2.50. The number of hydrogen-bond donors (Lipinski definition) is 3. The van der Waals surface area contributed by atoms with Crippen LogP contribution in [0.15, 0.2) is 66.0 Å². The lowest BCUT2D eigenvalue weighted by Gasteiger charge is -2.14. The number of nitrogens with one attached hydrogen (secondary N) is 2. The van der Waals surface area contributed by atoms with Gasteiger partial charge >= 0.3 is 6.03 Å². The van der Waals surface area contributed by atoms with Gasteiger partial charge in [0.25, 0.3) is 0 Å². The van der Waals surface area contributed by atoms with Crippen LogP contribution < -0.4 is 10.6 Å². The quantitative estimate of drug-likeness (QED) is 0.629. The second-order valence-electron chi connectivity index (χ2n) is 5.77. The smallest absolute Gasteiger partial charge is 0.319 e. The van der Waals surface area contributed by atoms with Crippen LogP contribution in [0.4, 0.5) is 10.5 Å². The molecule has 0 bridgehead atoms.